The van der Waals surface area contributed by atoms with Crippen LogP contribution in [0.5, 0.6) is 0 Å². The maximum atomic E-state index is 5.25. The summed E-state index contributed by atoms with van der Waals surface area (Å²) < 4.78 is 0. The minimum Gasteiger partial charge on any atom is -0.115 e. The molecule has 0 aromatic rings. The number of rotatable bonds is 5. The molecule has 0 rings (SSSR count). The topological polar surface area (TPSA) is 0 Å². The highest BCUT2D eigenvalue weighted by Crippen LogP contribution is 2.14. The molecule has 0 fully saturated rings. The summed E-state index contributed by atoms with van der Waals surface area (Å²) >= 11 is 0. The van der Waals surface area contributed by atoms with Crippen LogP contribution in [0.15, 0.2) is 60.3 Å². The summed E-state index contributed by atoms with van der Waals surface area (Å²) in [6, 6.07) is 0. The zero-order valence-electron chi connectivity index (χ0n) is 9.64. The Kier molecular flexibility index (Phi) is 5.90. The van der Waals surface area contributed by atoms with Crippen LogP contribution in [-0.2, 0) is 0 Å². The first kappa shape index (κ1) is 13.3. The van der Waals surface area contributed by atoms with Gasteiger partial charge < -0.3 is 0 Å². The first-order valence-corrected chi connectivity index (χ1v) is 4.83. The van der Waals surface area contributed by atoms with E-state index in [0.29, 0.717) is 5.57 Å². The fourth-order valence-electron chi connectivity index (χ4n) is 1.14. The van der Waals surface area contributed by atoms with Gasteiger partial charge in [-0.2, -0.15) is 0 Å². The summed E-state index contributed by atoms with van der Waals surface area (Å²) in [5.41, 5.74) is 3.72. The Hall–Kier alpha value is -1.74. The van der Waals surface area contributed by atoms with Crippen molar-refractivity contribution in [2.45, 2.75) is 20.3 Å². The predicted octanol–water partition coefficient (Wildman–Crippen LogP) is 4.20. The molecule has 0 saturated heterocycles. The van der Waals surface area contributed by atoms with Crippen LogP contribution in [0.4, 0.5) is 0 Å². The molecule has 78 valence electrons. The Morgan fingerprint density at radius 3 is 2.33 bits per heavy atom. The molecule has 0 aromatic carbocycles. The Morgan fingerprint density at radius 2 is 1.87 bits per heavy atom. The van der Waals surface area contributed by atoms with Crippen molar-refractivity contribution in [3.05, 3.63) is 60.3 Å². The van der Waals surface area contributed by atoms with E-state index in [2.05, 4.69) is 25.7 Å². The van der Waals surface area contributed by atoms with Gasteiger partial charge in [0.1, 0.15) is 0 Å². The first-order chi connectivity index (χ1) is 7.01. The van der Waals surface area contributed by atoms with Gasteiger partial charge in [-0.1, -0.05) is 55.0 Å². The Balaban J connectivity index is 4.45. The summed E-state index contributed by atoms with van der Waals surface area (Å²) in [6.07, 6.45) is 11.9. The van der Waals surface area contributed by atoms with E-state index in [0.717, 1.165) is 23.1 Å². The molecule has 0 aliphatic rings. The van der Waals surface area contributed by atoms with Gasteiger partial charge in [0.05, 0.1) is 0 Å². The van der Waals surface area contributed by atoms with Crippen molar-refractivity contribution in [2.75, 3.05) is 0 Å². The molecule has 0 aliphatic carbocycles. The van der Waals surface area contributed by atoms with E-state index in [-0.39, 0.29) is 0 Å². The molecule has 0 atom stereocenters. The minimum absolute atomic E-state index is 0.702. The van der Waals surface area contributed by atoms with Gasteiger partial charge in [0.15, 0.2) is 0 Å². The van der Waals surface area contributed by atoms with Crippen molar-refractivity contribution in [2.24, 2.45) is 0 Å². The summed E-state index contributed by atoms with van der Waals surface area (Å²) in [4.78, 5) is 0. The fraction of sp³-hybridized carbons (Fsp3) is 0.200. The van der Waals surface area contributed by atoms with E-state index in [1.165, 1.54) is 0 Å². The predicted molar refractivity (Wildman–Crippen MR) is 69.4 cm³/mol. The van der Waals surface area contributed by atoms with Crippen molar-refractivity contribution in [1.82, 2.24) is 0 Å². The van der Waals surface area contributed by atoms with Gasteiger partial charge in [0.2, 0.25) is 0 Å². The van der Waals surface area contributed by atoms with Crippen LogP contribution in [0.3, 0.4) is 0 Å². The summed E-state index contributed by atoms with van der Waals surface area (Å²) in [5, 5.41) is 0. The highest BCUT2D eigenvalue weighted by Gasteiger charge is 1.96. The van der Waals surface area contributed by atoms with Crippen LogP contribution in [0.2, 0.25) is 0 Å². The van der Waals surface area contributed by atoms with Gasteiger partial charge in [-0.05, 0) is 25.8 Å². The van der Waals surface area contributed by atoms with Gasteiger partial charge >= 0.3 is 0 Å². The molecule has 0 aromatic heterocycles. The largest absolute Gasteiger partial charge is 0.115 e. The van der Waals surface area contributed by atoms with Gasteiger partial charge in [0.25, 0.3) is 0 Å². The Bertz CT molecular complexity index is 367. The van der Waals surface area contributed by atoms with E-state index in [9.17, 15) is 0 Å². The maximum absolute atomic E-state index is 5.25. The highest BCUT2D eigenvalue weighted by molar-refractivity contribution is 5.44. The average molecular weight is 198 g/mol. The smallest absolute Gasteiger partial charge is 0.0200 e. The lowest BCUT2D eigenvalue weighted by molar-refractivity contribution is 1.21. The molecular formula is C15H18. The Morgan fingerprint density at radius 1 is 1.27 bits per heavy atom. The van der Waals surface area contributed by atoms with E-state index in [1.54, 1.807) is 0 Å². The van der Waals surface area contributed by atoms with Crippen LogP contribution in [-0.4, -0.2) is 0 Å². The third kappa shape index (κ3) is 5.54. The van der Waals surface area contributed by atoms with E-state index >= 15 is 0 Å². The molecule has 15 heavy (non-hydrogen) atoms. The molecule has 0 saturated carbocycles. The number of hydrogen-bond acceptors (Lipinski definition) is 0. The first-order valence-electron chi connectivity index (χ1n) is 4.83. The van der Waals surface area contributed by atoms with Crippen LogP contribution >= 0.6 is 0 Å². The molecule has 0 N–H and O–H groups in total. The summed E-state index contributed by atoms with van der Waals surface area (Å²) in [6.45, 7) is 15.5. The number of hydrogen-bond donors (Lipinski definition) is 0. The van der Waals surface area contributed by atoms with Gasteiger partial charge in [0, 0.05) is 5.57 Å². The lowest BCUT2D eigenvalue weighted by Gasteiger charge is -2.02. The molecule has 0 spiro atoms. The molecule has 0 nitrogen and oxygen atoms in total. The number of allylic oxidation sites excluding steroid dienone is 7. The summed E-state index contributed by atoms with van der Waals surface area (Å²) in [5.74, 6) is 2.51. The molecule has 0 bridgehead atoms. The second-order valence-corrected chi connectivity index (χ2v) is 3.44. The Labute approximate surface area is 93.4 Å². The minimum atomic E-state index is 0.702. The number of terminal acetylenes is 1. The lowest BCUT2D eigenvalue weighted by atomic mass is 10.0. The fourth-order valence-corrected chi connectivity index (χ4v) is 1.14. The molecule has 0 unspecified atom stereocenters. The van der Waals surface area contributed by atoms with Crippen molar-refractivity contribution >= 4 is 0 Å². The summed E-state index contributed by atoms with van der Waals surface area (Å²) in [7, 11) is 0. The van der Waals surface area contributed by atoms with Crippen molar-refractivity contribution in [1.29, 1.82) is 0 Å². The second-order valence-electron chi connectivity index (χ2n) is 3.44. The third-order valence-corrected chi connectivity index (χ3v) is 1.93. The molecule has 0 amide bonds. The van der Waals surface area contributed by atoms with Crippen LogP contribution in [0.1, 0.15) is 20.3 Å². The quantitative estimate of drug-likeness (QED) is 0.459. The van der Waals surface area contributed by atoms with E-state index in [1.807, 2.05) is 32.1 Å². The molecule has 0 aliphatic heterocycles. The van der Waals surface area contributed by atoms with E-state index in [4.69, 9.17) is 6.42 Å². The van der Waals surface area contributed by atoms with Gasteiger partial charge in [-0.15, -0.1) is 6.42 Å². The van der Waals surface area contributed by atoms with Crippen LogP contribution in [0, 0.1) is 12.3 Å². The monoisotopic (exact) mass is 198 g/mol. The molecule has 0 heterocycles. The molecular weight excluding hydrogens is 180 g/mol. The normalized spacial score (nSPS) is 11.1. The van der Waals surface area contributed by atoms with Crippen LogP contribution in [0.25, 0.3) is 0 Å². The lowest BCUT2D eigenvalue weighted by Crippen LogP contribution is -1.84. The third-order valence-electron chi connectivity index (χ3n) is 1.93. The zero-order valence-corrected chi connectivity index (χ0v) is 9.64. The SMILES string of the molecule is C#CC(=C)/C(C)=C/C(=C)CC(=C)/C=C\C. The van der Waals surface area contributed by atoms with Gasteiger partial charge in [-0.3, -0.25) is 0 Å². The van der Waals surface area contributed by atoms with Crippen molar-refractivity contribution < 1.29 is 0 Å². The average Bonchev–Trinajstić information content (AvgIpc) is 2.16. The maximum Gasteiger partial charge on any atom is 0.0200 e. The molecule has 0 radical (unpaired) electrons. The van der Waals surface area contributed by atoms with Crippen molar-refractivity contribution in [3.8, 4) is 12.3 Å². The second kappa shape index (κ2) is 6.68. The standard InChI is InChI=1S/C15H18/c1-7-9-12(3)10-13(4)11-15(6)14(5)8-2/h2,7,9,11H,3-5,10H2,1,6H3/b9-7-,15-11+. The highest BCUT2D eigenvalue weighted by atomic mass is 14.0. The molecule has 0 heteroatoms. The van der Waals surface area contributed by atoms with Gasteiger partial charge in [-0.25, -0.2) is 0 Å². The van der Waals surface area contributed by atoms with Crippen LogP contribution < -0.4 is 0 Å². The van der Waals surface area contributed by atoms with Crippen molar-refractivity contribution in [3.63, 3.8) is 0 Å². The zero-order chi connectivity index (χ0) is 11.8. The van der Waals surface area contributed by atoms with E-state index < -0.39 is 0 Å².